The number of hydrogen-bond donors (Lipinski definition) is 1. The van der Waals surface area contributed by atoms with Crippen LogP contribution < -0.4 is 4.72 Å². The van der Waals surface area contributed by atoms with Gasteiger partial charge in [-0.25, -0.2) is 13.4 Å². The van der Waals surface area contributed by atoms with E-state index in [9.17, 15) is 13.2 Å². The summed E-state index contributed by atoms with van der Waals surface area (Å²) in [4.78, 5) is 20.4. The first-order chi connectivity index (χ1) is 12.4. The van der Waals surface area contributed by atoms with Gasteiger partial charge >= 0.3 is 5.97 Å². The highest BCUT2D eigenvalue weighted by Crippen LogP contribution is 2.22. The molecule has 1 aromatic heterocycles. The molecule has 0 saturated heterocycles. The van der Waals surface area contributed by atoms with Gasteiger partial charge in [-0.3, -0.25) is 14.5 Å². The van der Waals surface area contributed by atoms with Crippen molar-refractivity contribution in [3.8, 4) is 0 Å². The van der Waals surface area contributed by atoms with Crippen molar-refractivity contribution in [1.29, 1.82) is 0 Å². The maximum absolute atomic E-state index is 12.0. The van der Waals surface area contributed by atoms with Gasteiger partial charge < -0.3 is 9.15 Å². The topological polar surface area (TPSA) is 111 Å². The van der Waals surface area contributed by atoms with Crippen molar-refractivity contribution in [2.24, 2.45) is 4.99 Å². The van der Waals surface area contributed by atoms with Crippen LogP contribution in [0.15, 0.2) is 38.6 Å². The van der Waals surface area contributed by atoms with E-state index in [2.05, 4.69) is 14.7 Å². The van der Waals surface area contributed by atoms with E-state index < -0.39 is 10.0 Å². The molecule has 138 valence electrons. The average Bonchev–Trinajstić information content (AvgIpc) is 3.06. The van der Waals surface area contributed by atoms with Crippen LogP contribution in [0.4, 0.5) is 0 Å². The number of aliphatic imine (C=N–C) groups is 1. The van der Waals surface area contributed by atoms with Crippen LogP contribution in [0, 0.1) is 13.8 Å². The van der Waals surface area contributed by atoms with Gasteiger partial charge in [0.05, 0.1) is 10.6 Å². The third-order valence-corrected chi connectivity index (χ3v) is 5.30. The Kier molecular flexibility index (Phi) is 5.08. The first-order valence-corrected chi connectivity index (χ1v) is 9.60. The molecule has 0 fully saturated rings. The number of carbonyl (C=O) groups is 1. The predicted molar refractivity (Wildman–Crippen MR) is 93.2 cm³/mol. The highest BCUT2D eigenvalue weighted by molar-refractivity contribution is 7.90. The van der Waals surface area contributed by atoms with Crippen LogP contribution in [0.3, 0.4) is 0 Å². The van der Waals surface area contributed by atoms with Crippen molar-refractivity contribution < 1.29 is 22.4 Å². The smallest absolute Gasteiger partial charge is 0.306 e. The van der Waals surface area contributed by atoms with E-state index in [1.165, 1.54) is 6.07 Å². The van der Waals surface area contributed by atoms with E-state index >= 15 is 0 Å². The highest BCUT2D eigenvalue weighted by atomic mass is 32.2. The zero-order valence-electron chi connectivity index (χ0n) is 14.5. The van der Waals surface area contributed by atoms with Crippen molar-refractivity contribution in [2.75, 3.05) is 6.54 Å². The number of amidine groups is 1. The van der Waals surface area contributed by atoms with Gasteiger partial charge in [-0.1, -0.05) is 12.1 Å². The van der Waals surface area contributed by atoms with Crippen molar-refractivity contribution in [1.82, 2.24) is 9.71 Å². The molecule has 1 aromatic carbocycles. The van der Waals surface area contributed by atoms with Crippen LogP contribution in [0.1, 0.15) is 35.7 Å². The summed E-state index contributed by atoms with van der Waals surface area (Å²) in [7, 11) is -3.54. The lowest BCUT2D eigenvalue weighted by Gasteiger charge is -2.02. The van der Waals surface area contributed by atoms with Crippen LogP contribution in [0.25, 0.3) is 0 Å². The number of nitrogens with one attached hydrogen (secondary N) is 1. The lowest BCUT2D eigenvalue weighted by atomic mass is 10.2. The number of aryl methyl sites for hydroxylation is 2. The van der Waals surface area contributed by atoms with Crippen molar-refractivity contribution in [3.05, 3.63) is 47.2 Å². The molecule has 1 aliphatic rings. The molecule has 0 atom stereocenters. The monoisotopic (exact) mass is 377 g/mol. The number of rotatable bonds is 6. The minimum atomic E-state index is -3.54. The molecule has 0 aliphatic carbocycles. The third kappa shape index (κ3) is 3.93. The molecule has 9 heteroatoms. The zero-order valence-corrected chi connectivity index (χ0v) is 15.3. The van der Waals surface area contributed by atoms with Crippen LogP contribution in [-0.4, -0.2) is 31.8 Å². The van der Waals surface area contributed by atoms with Gasteiger partial charge in [-0.2, -0.15) is 0 Å². The van der Waals surface area contributed by atoms with E-state index in [0.29, 0.717) is 36.0 Å². The number of nitrogens with zero attached hydrogens (tertiary/aromatic N) is 2. The minimum absolute atomic E-state index is 0.00476. The summed E-state index contributed by atoms with van der Waals surface area (Å²) in [5, 5.41) is 0. The van der Waals surface area contributed by atoms with Crippen molar-refractivity contribution in [2.45, 2.75) is 38.2 Å². The molecule has 3 rings (SSSR count). The van der Waals surface area contributed by atoms with E-state index in [4.69, 9.17) is 9.15 Å². The minimum Gasteiger partial charge on any atom is -0.456 e. The van der Waals surface area contributed by atoms with Crippen LogP contribution in [0.2, 0.25) is 0 Å². The normalized spacial score (nSPS) is 16.3. The van der Waals surface area contributed by atoms with Gasteiger partial charge in [0.25, 0.3) is 10.0 Å². The second-order valence-electron chi connectivity index (χ2n) is 5.85. The molecule has 0 amide bonds. The fourth-order valence-electron chi connectivity index (χ4n) is 2.48. The van der Waals surface area contributed by atoms with E-state index in [1.807, 2.05) is 6.92 Å². The van der Waals surface area contributed by atoms with Gasteiger partial charge in [0.15, 0.2) is 6.61 Å². The SMILES string of the molecule is Cc1nc(COC(=O)CCCN=C2NS(=O)(=O)c3ccccc32)oc1C. The summed E-state index contributed by atoms with van der Waals surface area (Å²) < 4.78 is 36.8. The Morgan fingerprint density at radius 1 is 1.31 bits per heavy atom. The Hall–Kier alpha value is -2.68. The maximum Gasteiger partial charge on any atom is 0.306 e. The second-order valence-corrected chi connectivity index (χ2v) is 7.50. The molecular weight excluding hydrogens is 358 g/mol. The molecule has 0 saturated carbocycles. The molecule has 2 heterocycles. The van der Waals surface area contributed by atoms with Gasteiger partial charge in [0.2, 0.25) is 5.89 Å². The predicted octanol–water partition coefficient (Wildman–Crippen LogP) is 1.85. The Morgan fingerprint density at radius 3 is 2.81 bits per heavy atom. The number of benzene rings is 1. The van der Waals surface area contributed by atoms with Gasteiger partial charge in [-0.15, -0.1) is 0 Å². The molecule has 1 N–H and O–H groups in total. The first kappa shape index (κ1) is 18.1. The fourth-order valence-corrected chi connectivity index (χ4v) is 3.73. The lowest BCUT2D eigenvalue weighted by molar-refractivity contribution is -0.145. The summed E-state index contributed by atoms with van der Waals surface area (Å²) in [6.45, 7) is 3.91. The zero-order chi connectivity index (χ0) is 18.7. The molecule has 1 aliphatic heterocycles. The molecular formula is C17H19N3O5S. The third-order valence-electron chi connectivity index (χ3n) is 3.90. The van der Waals surface area contributed by atoms with Crippen LogP contribution in [0.5, 0.6) is 0 Å². The number of esters is 1. The number of fused-ring (bicyclic) bond motifs is 1. The molecule has 2 aromatic rings. The van der Waals surface area contributed by atoms with Crippen LogP contribution in [-0.2, 0) is 26.2 Å². The fraction of sp³-hybridized carbons (Fsp3) is 0.353. The van der Waals surface area contributed by atoms with E-state index in [-0.39, 0.29) is 23.9 Å². The summed E-state index contributed by atoms with van der Waals surface area (Å²) >= 11 is 0. The summed E-state index contributed by atoms with van der Waals surface area (Å²) in [6.07, 6.45) is 0.611. The summed E-state index contributed by atoms with van der Waals surface area (Å²) in [6, 6.07) is 6.64. The molecule has 0 unspecified atom stereocenters. The van der Waals surface area contributed by atoms with Crippen LogP contribution >= 0.6 is 0 Å². The summed E-state index contributed by atoms with van der Waals surface area (Å²) in [5.41, 5.74) is 1.32. The number of aromatic nitrogens is 1. The highest BCUT2D eigenvalue weighted by Gasteiger charge is 2.29. The number of sulfonamides is 1. The number of hydrogen-bond acceptors (Lipinski definition) is 7. The quantitative estimate of drug-likeness (QED) is 0.607. The molecule has 0 radical (unpaired) electrons. The number of oxazole rings is 1. The Bertz CT molecular complexity index is 943. The second kappa shape index (κ2) is 7.28. The standard InChI is InChI=1S/C17H19N3O5S/c1-11-12(2)25-15(19-11)10-24-16(21)8-5-9-18-17-13-6-3-4-7-14(13)26(22,23)20-17/h3-4,6-7H,5,8-10H2,1-2H3,(H,18,20). The van der Waals surface area contributed by atoms with E-state index in [1.54, 1.807) is 25.1 Å². The number of ether oxygens (including phenoxy) is 1. The molecule has 0 bridgehead atoms. The van der Waals surface area contributed by atoms with Gasteiger partial charge in [0, 0.05) is 18.5 Å². The van der Waals surface area contributed by atoms with E-state index in [0.717, 1.165) is 5.69 Å². The van der Waals surface area contributed by atoms with Crippen molar-refractivity contribution in [3.63, 3.8) is 0 Å². The van der Waals surface area contributed by atoms with Gasteiger partial charge in [0.1, 0.15) is 11.6 Å². The Labute approximate surface area is 151 Å². The maximum atomic E-state index is 12.0. The lowest BCUT2D eigenvalue weighted by Crippen LogP contribution is -2.22. The van der Waals surface area contributed by atoms with Crippen molar-refractivity contribution >= 4 is 21.8 Å². The number of carbonyl (C=O) groups excluding carboxylic acids is 1. The first-order valence-electron chi connectivity index (χ1n) is 8.12. The largest absolute Gasteiger partial charge is 0.456 e. The van der Waals surface area contributed by atoms with Gasteiger partial charge in [-0.05, 0) is 32.4 Å². The Balaban J connectivity index is 1.48. The summed E-state index contributed by atoms with van der Waals surface area (Å²) in [5.74, 6) is 0.988. The average molecular weight is 377 g/mol. The molecule has 0 spiro atoms. The Morgan fingerprint density at radius 2 is 2.08 bits per heavy atom. The molecule has 8 nitrogen and oxygen atoms in total. The molecule has 26 heavy (non-hydrogen) atoms.